The summed E-state index contributed by atoms with van der Waals surface area (Å²) in [6.07, 6.45) is 0.0754. The average molecular weight is 395 g/mol. The van der Waals surface area contributed by atoms with Crippen molar-refractivity contribution < 1.29 is 13.2 Å². The molecule has 4 rings (SSSR count). The molecule has 2 aromatic heterocycles. The standard InChI is InChI=1S/C11H11N3S.C7H5F3S/c12-11-14-9(8-3-1-2-6-13-8)10(15-11)7-4-5-7;8-7(9,10)5-1-3-6(11)4-2-5/h1-3,6-7H,4-5H2,(H2,12,14);1-4,11H. The summed E-state index contributed by atoms with van der Waals surface area (Å²) in [5.74, 6) is 0.678. The minimum absolute atomic E-state index is 0.526. The zero-order valence-corrected chi connectivity index (χ0v) is 15.3. The van der Waals surface area contributed by atoms with Gasteiger partial charge < -0.3 is 5.73 Å². The van der Waals surface area contributed by atoms with Gasteiger partial charge in [0.15, 0.2) is 5.13 Å². The second-order valence-electron chi connectivity index (χ2n) is 5.80. The summed E-state index contributed by atoms with van der Waals surface area (Å²) in [4.78, 5) is 10.5. The Morgan fingerprint density at radius 1 is 1.08 bits per heavy atom. The number of hydrogen-bond donors (Lipinski definition) is 2. The molecular weight excluding hydrogens is 379 g/mol. The highest BCUT2D eigenvalue weighted by Gasteiger charge is 2.30. The Labute approximate surface area is 158 Å². The zero-order valence-electron chi connectivity index (χ0n) is 13.6. The van der Waals surface area contributed by atoms with Crippen LogP contribution in [0.2, 0.25) is 0 Å². The molecular formula is C18H16F3N3S2. The van der Waals surface area contributed by atoms with E-state index in [9.17, 15) is 13.2 Å². The molecule has 0 radical (unpaired) electrons. The largest absolute Gasteiger partial charge is 0.416 e. The lowest BCUT2D eigenvalue weighted by Gasteiger charge is -2.05. The van der Waals surface area contributed by atoms with Gasteiger partial charge >= 0.3 is 6.18 Å². The van der Waals surface area contributed by atoms with Gasteiger partial charge in [-0.1, -0.05) is 6.07 Å². The van der Waals surface area contributed by atoms with Gasteiger partial charge in [-0.25, -0.2) is 4.98 Å². The maximum absolute atomic E-state index is 11.9. The SMILES string of the molecule is FC(F)(F)c1ccc(S)cc1.Nc1nc(-c2ccccn2)c(C2CC2)s1. The summed E-state index contributed by atoms with van der Waals surface area (Å²) >= 11 is 5.47. The van der Waals surface area contributed by atoms with Gasteiger partial charge in [0.05, 0.1) is 11.3 Å². The molecule has 8 heteroatoms. The molecule has 136 valence electrons. The summed E-state index contributed by atoms with van der Waals surface area (Å²) in [7, 11) is 0. The number of thiol groups is 1. The molecule has 0 aliphatic heterocycles. The van der Waals surface area contributed by atoms with Crippen LogP contribution in [0, 0.1) is 0 Å². The molecule has 0 bridgehead atoms. The molecule has 2 N–H and O–H groups in total. The molecule has 3 aromatic rings. The highest BCUT2D eigenvalue weighted by molar-refractivity contribution is 7.80. The van der Waals surface area contributed by atoms with E-state index in [4.69, 9.17) is 5.73 Å². The van der Waals surface area contributed by atoms with Gasteiger partial charge in [0.1, 0.15) is 5.69 Å². The van der Waals surface area contributed by atoms with E-state index in [1.54, 1.807) is 17.5 Å². The highest BCUT2D eigenvalue weighted by atomic mass is 32.1. The van der Waals surface area contributed by atoms with Gasteiger partial charge in [0.2, 0.25) is 0 Å². The molecule has 0 unspecified atom stereocenters. The first-order chi connectivity index (χ1) is 12.3. The van der Waals surface area contributed by atoms with Crippen LogP contribution in [0.5, 0.6) is 0 Å². The summed E-state index contributed by atoms with van der Waals surface area (Å²) in [6.45, 7) is 0. The van der Waals surface area contributed by atoms with Crippen molar-refractivity contribution >= 4 is 29.1 Å². The van der Waals surface area contributed by atoms with Crippen molar-refractivity contribution in [3.05, 3.63) is 59.1 Å². The van der Waals surface area contributed by atoms with Crippen LogP contribution < -0.4 is 5.73 Å². The van der Waals surface area contributed by atoms with E-state index in [0.717, 1.165) is 23.5 Å². The van der Waals surface area contributed by atoms with E-state index in [2.05, 4.69) is 22.6 Å². The number of alkyl halides is 3. The minimum atomic E-state index is -4.25. The normalized spacial score (nSPS) is 13.8. The number of nitrogens with zero attached hydrogens (tertiary/aromatic N) is 2. The Morgan fingerprint density at radius 3 is 2.31 bits per heavy atom. The number of halogens is 3. The highest BCUT2D eigenvalue weighted by Crippen LogP contribution is 2.47. The number of rotatable bonds is 2. The van der Waals surface area contributed by atoms with E-state index >= 15 is 0 Å². The lowest BCUT2D eigenvalue weighted by atomic mass is 10.2. The lowest BCUT2D eigenvalue weighted by Crippen LogP contribution is -2.03. The molecule has 1 fully saturated rings. The molecule has 0 spiro atoms. The van der Waals surface area contributed by atoms with Crippen LogP contribution in [0.15, 0.2) is 53.6 Å². The van der Waals surface area contributed by atoms with Gasteiger partial charge in [0.25, 0.3) is 0 Å². The van der Waals surface area contributed by atoms with Gasteiger partial charge in [-0.15, -0.1) is 24.0 Å². The van der Waals surface area contributed by atoms with Crippen LogP contribution in [-0.4, -0.2) is 9.97 Å². The van der Waals surface area contributed by atoms with E-state index in [0.29, 0.717) is 15.9 Å². The summed E-state index contributed by atoms with van der Waals surface area (Å²) in [5, 5.41) is 0.651. The van der Waals surface area contributed by atoms with Crippen LogP contribution in [0.1, 0.15) is 29.2 Å². The number of benzene rings is 1. The Balaban J connectivity index is 0.000000160. The Bertz CT molecular complexity index is 858. The topological polar surface area (TPSA) is 51.8 Å². The molecule has 26 heavy (non-hydrogen) atoms. The van der Waals surface area contributed by atoms with Crippen molar-refractivity contribution in [3.63, 3.8) is 0 Å². The fourth-order valence-electron chi connectivity index (χ4n) is 2.31. The number of aromatic nitrogens is 2. The van der Waals surface area contributed by atoms with Crippen molar-refractivity contribution in [1.29, 1.82) is 0 Å². The van der Waals surface area contributed by atoms with E-state index in [1.165, 1.54) is 29.9 Å². The first-order valence-electron chi connectivity index (χ1n) is 7.88. The van der Waals surface area contributed by atoms with E-state index in [-0.39, 0.29) is 0 Å². The average Bonchev–Trinajstić information content (AvgIpc) is 3.38. The van der Waals surface area contributed by atoms with Crippen molar-refractivity contribution in [2.75, 3.05) is 5.73 Å². The third kappa shape index (κ3) is 4.76. The molecule has 1 aliphatic carbocycles. The Morgan fingerprint density at radius 2 is 1.77 bits per heavy atom. The zero-order chi connectivity index (χ0) is 18.7. The fraction of sp³-hybridized carbons (Fsp3) is 0.222. The van der Waals surface area contributed by atoms with Gasteiger partial charge in [-0.05, 0) is 55.2 Å². The fourth-order valence-corrected chi connectivity index (χ4v) is 3.47. The molecule has 0 saturated heterocycles. The van der Waals surface area contributed by atoms with Crippen LogP contribution in [-0.2, 0) is 6.18 Å². The maximum Gasteiger partial charge on any atom is 0.416 e. The summed E-state index contributed by atoms with van der Waals surface area (Å²) < 4.78 is 35.7. The number of nitrogen functional groups attached to an aromatic ring is 1. The molecule has 0 atom stereocenters. The van der Waals surface area contributed by atoms with Gasteiger partial charge in [0, 0.05) is 16.0 Å². The van der Waals surface area contributed by atoms with Crippen LogP contribution in [0.25, 0.3) is 11.4 Å². The number of nitrogens with two attached hydrogens (primary N) is 1. The number of pyridine rings is 1. The van der Waals surface area contributed by atoms with E-state index < -0.39 is 11.7 Å². The monoisotopic (exact) mass is 395 g/mol. The lowest BCUT2D eigenvalue weighted by molar-refractivity contribution is -0.137. The number of thiazole rings is 1. The Hall–Kier alpha value is -2.06. The maximum atomic E-state index is 11.9. The number of hydrogen-bond acceptors (Lipinski definition) is 5. The number of anilines is 1. The molecule has 0 amide bonds. The van der Waals surface area contributed by atoms with Crippen molar-refractivity contribution in [1.82, 2.24) is 9.97 Å². The second-order valence-corrected chi connectivity index (χ2v) is 7.38. The van der Waals surface area contributed by atoms with E-state index in [1.807, 2.05) is 18.2 Å². The third-order valence-electron chi connectivity index (χ3n) is 3.72. The molecule has 1 saturated carbocycles. The minimum Gasteiger partial charge on any atom is -0.375 e. The molecule has 1 aromatic carbocycles. The van der Waals surface area contributed by atoms with Crippen molar-refractivity contribution in [2.45, 2.75) is 29.8 Å². The predicted octanol–water partition coefficient (Wildman–Crippen LogP) is 5.66. The molecule has 3 nitrogen and oxygen atoms in total. The first kappa shape index (κ1) is 18.7. The second kappa shape index (κ2) is 7.67. The smallest absolute Gasteiger partial charge is 0.375 e. The van der Waals surface area contributed by atoms with Crippen molar-refractivity contribution in [3.8, 4) is 11.4 Å². The van der Waals surface area contributed by atoms with Crippen molar-refractivity contribution in [2.24, 2.45) is 0 Å². The third-order valence-corrected chi connectivity index (χ3v) is 5.07. The summed E-state index contributed by atoms with van der Waals surface area (Å²) in [6, 6.07) is 10.5. The first-order valence-corrected chi connectivity index (χ1v) is 9.15. The Kier molecular flexibility index (Phi) is 5.52. The molecule has 1 aliphatic rings. The van der Waals surface area contributed by atoms with Gasteiger partial charge in [-0.2, -0.15) is 13.2 Å². The van der Waals surface area contributed by atoms with Crippen LogP contribution >= 0.6 is 24.0 Å². The predicted molar refractivity (Wildman–Crippen MR) is 100 cm³/mol. The summed E-state index contributed by atoms with van der Waals surface area (Å²) in [5.41, 5.74) is 7.04. The van der Waals surface area contributed by atoms with Gasteiger partial charge in [-0.3, -0.25) is 4.98 Å². The van der Waals surface area contributed by atoms with Crippen LogP contribution in [0.4, 0.5) is 18.3 Å². The quantitative estimate of drug-likeness (QED) is 0.551. The molecule has 2 heterocycles. The van der Waals surface area contributed by atoms with Crippen LogP contribution in [0.3, 0.4) is 0 Å².